The van der Waals surface area contributed by atoms with Crippen LogP contribution in [0.2, 0.25) is 0 Å². The molecule has 0 aromatic heterocycles. The van der Waals surface area contributed by atoms with Gasteiger partial charge in [-0.1, -0.05) is 39.5 Å². The molecule has 0 amide bonds. The molecule has 0 saturated heterocycles. The Hall–Kier alpha value is -0.0800. The van der Waals surface area contributed by atoms with Gasteiger partial charge in [-0.15, -0.1) is 0 Å². The third kappa shape index (κ3) is 4.42. The van der Waals surface area contributed by atoms with Crippen molar-refractivity contribution in [3.63, 3.8) is 0 Å². The topological polar surface area (TPSA) is 23.5 Å². The highest BCUT2D eigenvalue weighted by Crippen LogP contribution is 2.22. The van der Waals surface area contributed by atoms with Crippen molar-refractivity contribution in [1.82, 2.24) is 4.90 Å². The van der Waals surface area contributed by atoms with Crippen LogP contribution in [0.4, 0.5) is 0 Å². The van der Waals surface area contributed by atoms with E-state index in [0.29, 0.717) is 6.04 Å². The highest BCUT2D eigenvalue weighted by atomic mass is 16.3. The molecule has 2 unspecified atom stereocenters. The van der Waals surface area contributed by atoms with Crippen molar-refractivity contribution < 1.29 is 5.11 Å². The molecule has 96 valence electrons. The minimum Gasteiger partial charge on any atom is -0.391 e. The molecule has 1 N–H and O–H groups in total. The van der Waals surface area contributed by atoms with E-state index in [1.165, 1.54) is 44.9 Å². The van der Waals surface area contributed by atoms with Crippen LogP contribution in [-0.2, 0) is 0 Å². The summed E-state index contributed by atoms with van der Waals surface area (Å²) in [5.41, 5.74) is 0. The van der Waals surface area contributed by atoms with Gasteiger partial charge in [0.25, 0.3) is 0 Å². The Bertz CT molecular complexity index is 166. The molecule has 0 radical (unpaired) electrons. The molecular weight excluding hydrogens is 198 g/mol. The third-order valence-corrected chi connectivity index (χ3v) is 3.68. The predicted molar refractivity (Wildman–Crippen MR) is 69.7 cm³/mol. The zero-order valence-corrected chi connectivity index (χ0v) is 11.1. The van der Waals surface area contributed by atoms with Gasteiger partial charge in [-0.3, -0.25) is 4.90 Å². The van der Waals surface area contributed by atoms with Crippen molar-refractivity contribution in [2.45, 2.75) is 77.4 Å². The quantitative estimate of drug-likeness (QED) is 0.779. The van der Waals surface area contributed by atoms with E-state index in [1.54, 1.807) is 0 Å². The Balaban J connectivity index is 2.54. The van der Waals surface area contributed by atoms with Crippen molar-refractivity contribution in [3.8, 4) is 0 Å². The average molecular weight is 227 g/mol. The lowest BCUT2D eigenvalue weighted by Crippen LogP contribution is -2.45. The van der Waals surface area contributed by atoms with Crippen molar-refractivity contribution in [2.24, 2.45) is 0 Å². The number of hydrogen-bond donors (Lipinski definition) is 1. The van der Waals surface area contributed by atoms with E-state index in [1.807, 2.05) is 0 Å². The number of nitrogens with zero attached hydrogens (tertiary/aromatic N) is 1. The molecule has 0 aromatic carbocycles. The second kappa shape index (κ2) is 8.08. The van der Waals surface area contributed by atoms with Crippen LogP contribution in [0.1, 0.15) is 65.2 Å². The summed E-state index contributed by atoms with van der Waals surface area (Å²) in [6.07, 6.45) is 9.69. The van der Waals surface area contributed by atoms with E-state index in [4.69, 9.17) is 0 Å². The van der Waals surface area contributed by atoms with Crippen LogP contribution in [0.15, 0.2) is 0 Å². The Morgan fingerprint density at radius 3 is 2.06 bits per heavy atom. The monoisotopic (exact) mass is 227 g/mol. The van der Waals surface area contributed by atoms with Crippen LogP contribution in [0.25, 0.3) is 0 Å². The second-order valence-corrected chi connectivity index (χ2v) is 5.16. The Kier molecular flexibility index (Phi) is 7.06. The fraction of sp³-hybridized carbons (Fsp3) is 1.00. The van der Waals surface area contributed by atoms with Crippen molar-refractivity contribution in [3.05, 3.63) is 0 Å². The normalized spacial score (nSPS) is 27.8. The number of aliphatic hydroxyl groups excluding tert-OH is 1. The maximum atomic E-state index is 10.3. The summed E-state index contributed by atoms with van der Waals surface area (Å²) in [5, 5.41) is 10.3. The maximum Gasteiger partial charge on any atom is 0.0695 e. The lowest BCUT2D eigenvalue weighted by atomic mass is 9.93. The van der Waals surface area contributed by atoms with Gasteiger partial charge >= 0.3 is 0 Å². The molecule has 1 saturated carbocycles. The average Bonchev–Trinajstić information content (AvgIpc) is 2.24. The largest absolute Gasteiger partial charge is 0.391 e. The van der Waals surface area contributed by atoms with Crippen LogP contribution >= 0.6 is 0 Å². The van der Waals surface area contributed by atoms with E-state index < -0.39 is 0 Å². The first-order valence-corrected chi connectivity index (χ1v) is 7.21. The first kappa shape index (κ1) is 14.0. The lowest BCUT2D eigenvalue weighted by Gasteiger charge is -2.36. The third-order valence-electron chi connectivity index (χ3n) is 3.68. The molecule has 0 heterocycles. The van der Waals surface area contributed by atoms with Gasteiger partial charge in [-0.25, -0.2) is 0 Å². The molecule has 1 rings (SSSR count). The van der Waals surface area contributed by atoms with E-state index >= 15 is 0 Å². The molecule has 2 atom stereocenters. The maximum absolute atomic E-state index is 10.3. The van der Waals surface area contributed by atoms with Gasteiger partial charge in [0.1, 0.15) is 0 Å². The standard InChI is InChI=1S/C14H29NO/c1-3-11-15(12-4-2)13-9-7-5-6-8-10-14(13)16/h13-14,16H,3-12H2,1-2H3. The summed E-state index contributed by atoms with van der Waals surface area (Å²) in [4.78, 5) is 2.52. The molecule has 1 aliphatic carbocycles. The SMILES string of the molecule is CCCN(CCC)C1CCCCCCC1O. The summed E-state index contributed by atoms with van der Waals surface area (Å²) in [6.45, 7) is 6.76. The minimum atomic E-state index is -0.0848. The summed E-state index contributed by atoms with van der Waals surface area (Å²) in [6, 6.07) is 0.431. The van der Waals surface area contributed by atoms with Gasteiger partial charge in [-0.2, -0.15) is 0 Å². The second-order valence-electron chi connectivity index (χ2n) is 5.16. The minimum absolute atomic E-state index is 0.0848. The number of aliphatic hydroxyl groups is 1. The van der Waals surface area contributed by atoms with Gasteiger partial charge in [0, 0.05) is 6.04 Å². The van der Waals surface area contributed by atoms with E-state index in [0.717, 1.165) is 19.5 Å². The van der Waals surface area contributed by atoms with Gasteiger partial charge in [0.15, 0.2) is 0 Å². The Labute approximate surface area is 101 Å². The van der Waals surface area contributed by atoms with E-state index in [-0.39, 0.29) is 6.10 Å². The van der Waals surface area contributed by atoms with Crippen molar-refractivity contribution in [1.29, 1.82) is 0 Å². The Morgan fingerprint density at radius 2 is 1.50 bits per heavy atom. The fourth-order valence-electron chi connectivity index (χ4n) is 2.89. The van der Waals surface area contributed by atoms with Gasteiger partial charge in [-0.05, 0) is 38.8 Å². The highest BCUT2D eigenvalue weighted by molar-refractivity contribution is 4.80. The highest BCUT2D eigenvalue weighted by Gasteiger charge is 2.25. The summed E-state index contributed by atoms with van der Waals surface area (Å²) in [5.74, 6) is 0. The molecule has 16 heavy (non-hydrogen) atoms. The van der Waals surface area contributed by atoms with Crippen LogP contribution < -0.4 is 0 Å². The smallest absolute Gasteiger partial charge is 0.0695 e. The number of rotatable bonds is 5. The number of hydrogen-bond acceptors (Lipinski definition) is 2. The zero-order chi connectivity index (χ0) is 11.8. The van der Waals surface area contributed by atoms with Gasteiger partial charge in [0.05, 0.1) is 6.10 Å². The van der Waals surface area contributed by atoms with E-state index in [9.17, 15) is 5.11 Å². The molecule has 1 aliphatic rings. The molecule has 1 fully saturated rings. The molecule has 0 aliphatic heterocycles. The lowest BCUT2D eigenvalue weighted by molar-refractivity contribution is 0.0310. The van der Waals surface area contributed by atoms with Crippen molar-refractivity contribution in [2.75, 3.05) is 13.1 Å². The molecular formula is C14H29NO. The van der Waals surface area contributed by atoms with Gasteiger partial charge in [0.2, 0.25) is 0 Å². The van der Waals surface area contributed by atoms with Crippen molar-refractivity contribution >= 4 is 0 Å². The van der Waals surface area contributed by atoms with Gasteiger partial charge < -0.3 is 5.11 Å². The van der Waals surface area contributed by atoms with Crippen LogP contribution in [0.3, 0.4) is 0 Å². The molecule has 0 aromatic rings. The predicted octanol–water partition coefficient (Wildman–Crippen LogP) is 3.19. The summed E-state index contributed by atoms with van der Waals surface area (Å²) in [7, 11) is 0. The molecule has 2 heteroatoms. The Morgan fingerprint density at radius 1 is 0.938 bits per heavy atom. The molecule has 0 spiro atoms. The molecule has 2 nitrogen and oxygen atoms in total. The van der Waals surface area contributed by atoms with Crippen LogP contribution in [0, 0.1) is 0 Å². The van der Waals surface area contributed by atoms with E-state index in [2.05, 4.69) is 18.7 Å². The first-order valence-electron chi connectivity index (χ1n) is 7.21. The van der Waals surface area contributed by atoms with Crippen LogP contribution in [0.5, 0.6) is 0 Å². The zero-order valence-electron chi connectivity index (χ0n) is 11.1. The molecule has 0 bridgehead atoms. The fourth-order valence-corrected chi connectivity index (χ4v) is 2.89. The summed E-state index contributed by atoms with van der Waals surface area (Å²) >= 11 is 0. The summed E-state index contributed by atoms with van der Waals surface area (Å²) < 4.78 is 0. The van der Waals surface area contributed by atoms with Crippen LogP contribution in [-0.4, -0.2) is 35.2 Å². The first-order chi connectivity index (χ1) is 7.79.